The molecule has 0 aliphatic carbocycles. The van der Waals surface area contributed by atoms with Gasteiger partial charge >= 0.3 is 32.3 Å². The minimum atomic E-state index is -5.10. The van der Waals surface area contributed by atoms with Gasteiger partial charge in [0.05, 0.1) is 17.7 Å². The Balaban J connectivity index is 2.09. The summed E-state index contributed by atoms with van der Waals surface area (Å²) in [6.45, 7) is 10.3. The molecule has 3 rings (SSSR count). The van der Waals surface area contributed by atoms with Crippen molar-refractivity contribution in [1.29, 1.82) is 0 Å². The van der Waals surface area contributed by atoms with E-state index < -0.39 is 76.7 Å². The second-order valence-electron chi connectivity index (χ2n) is 13.8. The predicted octanol–water partition coefficient (Wildman–Crippen LogP) is 5.63. The van der Waals surface area contributed by atoms with Crippen LogP contribution in [0.2, 0.25) is 0 Å². The molecule has 0 radical (unpaired) electrons. The summed E-state index contributed by atoms with van der Waals surface area (Å²) in [6, 6.07) is 14.5. The van der Waals surface area contributed by atoms with E-state index >= 15 is 0 Å². The van der Waals surface area contributed by atoms with E-state index in [-0.39, 0.29) is 36.4 Å². The summed E-state index contributed by atoms with van der Waals surface area (Å²) in [6.07, 6.45) is -0.966. The average Bonchev–Trinajstić information content (AvgIpc) is 3.55. The lowest BCUT2D eigenvalue weighted by Crippen LogP contribution is -2.58. The normalized spacial score (nSPS) is 13.0. The molecule has 0 saturated heterocycles. The molecule has 17 nitrogen and oxygen atoms in total. The Morgan fingerprint density at radius 2 is 1.54 bits per heavy atom. The number of carbonyl (C=O) groups is 2. The third-order valence-electron chi connectivity index (χ3n) is 6.77. The molecule has 2 amide bonds. The molecule has 19 heteroatoms. The maximum absolute atomic E-state index is 15.0. The molecule has 1 aromatic heterocycles. The highest BCUT2D eigenvalue weighted by Crippen LogP contribution is 2.36. The van der Waals surface area contributed by atoms with E-state index in [1.165, 1.54) is 42.7 Å². The van der Waals surface area contributed by atoms with Gasteiger partial charge in [-0.1, -0.05) is 12.1 Å². The first kappa shape index (κ1) is 43.1. The molecular weight excluding hydrogens is 747 g/mol. The maximum Gasteiger partial charge on any atom is 0.728 e. The Morgan fingerprint density at radius 1 is 0.889 bits per heavy atom. The van der Waals surface area contributed by atoms with Crippen LogP contribution in [-0.4, -0.2) is 69.8 Å². The standard InChI is InChI=1S/C35H47N5O12S2/c1-25-21-27(48-19-12-20-49-39-31(36)37)23-28(22-25)52-54(45,46)30-15-9-8-14-29(30)53(43,44)40(24-26-13-10-18-47-26,33(42)51-35(5,6)7)17-11-16-38-32(41)50-34(2,3)4/h8-10,13-15,18,21-23H,11-12,17,19-20,24H2,1-7H3,(H4,36,37,39)/q+2. The molecule has 3 aromatic rings. The van der Waals surface area contributed by atoms with Crippen molar-refractivity contribution in [3.8, 4) is 17.6 Å². The zero-order valence-electron chi connectivity index (χ0n) is 31.2. The maximum atomic E-state index is 15.0. The Hall–Kier alpha value is -5.32. The number of carbonyl (C=O) groups excluding carboxylic acids is 2. The summed E-state index contributed by atoms with van der Waals surface area (Å²) >= 11 is 0. The fourth-order valence-corrected chi connectivity index (χ4v) is 8.11. The molecule has 4 N–H and O–H groups in total. The number of nitrogens with zero attached hydrogens (tertiary/aromatic N) is 3. The summed E-state index contributed by atoms with van der Waals surface area (Å²) in [5.41, 5.74) is 8.95. The summed E-state index contributed by atoms with van der Waals surface area (Å²) in [5.74, 6) is -0.0980. The number of quaternary nitrogens is 1. The predicted molar refractivity (Wildman–Crippen MR) is 196 cm³/mol. The van der Waals surface area contributed by atoms with E-state index in [9.17, 15) is 26.4 Å². The SMILES string of the molecule is Cc1cc(OCCCON=C(N)N)cc(OS(=O)(=O)c2ccccc2S(=O)(=O)[N+](CCC#[N+]C(=O)OC(C)(C)C)(Cc2ccco2)C(=O)OC(C)(C)C)c1. The minimum absolute atomic E-state index is 0.0557. The number of oxime groups is 1. The molecule has 1 atom stereocenters. The van der Waals surface area contributed by atoms with Crippen LogP contribution in [0.25, 0.3) is 4.85 Å². The molecule has 0 spiro atoms. The van der Waals surface area contributed by atoms with Gasteiger partial charge in [0.25, 0.3) is 6.07 Å². The fraction of sp³-hybridized carbons (Fsp3) is 0.429. The van der Waals surface area contributed by atoms with Gasteiger partial charge in [-0.2, -0.15) is 26.4 Å². The van der Waals surface area contributed by atoms with Gasteiger partial charge in [-0.25, -0.2) is 0 Å². The summed E-state index contributed by atoms with van der Waals surface area (Å²) in [4.78, 5) is 33.5. The topological polar surface area (TPSA) is 230 Å². The molecule has 1 heterocycles. The third kappa shape index (κ3) is 12.4. The summed E-state index contributed by atoms with van der Waals surface area (Å²) in [7, 11) is -10.0. The van der Waals surface area contributed by atoms with Crippen LogP contribution in [0.5, 0.6) is 11.5 Å². The number of hydrogen-bond donors (Lipinski definition) is 2. The molecule has 0 fully saturated rings. The van der Waals surface area contributed by atoms with E-state index in [4.69, 9.17) is 39.1 Å². The number of aryl methyl sites for hydroxylation is 1. The number of guanidine groups is 1. The lowest BCUT2D eigenvalue weighted by Gasteiger charge is -2.34. The van der Waals surface area contributed by atoms with Crippen LogP contribution in [-0.2, 0) is 41.0 Å². The van der Waals surface area contributed by atoms with Gasteiger partial charge in [0.15, 0.2) is 12.3 Å². The van der Waals surface area contributed by atoms with E-state index in [1.54, 1.807) is 54.5 Å². The van der Waals surface area contributed by atoms with Crippen molar-refractivity contribution < 1.29 is 58.0 Å². The van der Waals surface area contributed by atoms with Crippen molar-refractivity contribution in [3.63, 3.8) is 0 Å². The molecule has 0 aliphatic rings. The van der Waals surface area contributed by atoms with Crippen molar-refractivity contribution in [2.75, 3.05) is 19.8 Å². The molecule has 54 heavy (non-hydrogen) atoms. The largest absolute Gasteiger partial charge is 0.728 e. The van der Waals surface area contributed by atoms with Crippen LogP contribution in [0.4, 0.5) is 9.59 Å². The lowest BCUT2D eigenvalue weighted by atomic mass is 10.2. The zero-order chi connectivity index (χ0) is 40.4. The van der Waals surface area contributed by atoms with Crippen LogP contribution in [0.15, 0.2) is 80.2 Å². The van der Waals surface area contributed by atoms with Crippen LogP contribution >= 0.6 is 0 Å². The highest BCUT2D eigenvalue weighted by Gasteiger charge is 2.55. The first-order valence-electron chi connectivity index (χ1n) is 16.6. The van der Waals surface area contributed by atoms with E-state index in [0.717, 1.165) is 12.1 Å². The number of nitrogens with two attached hydrogens (primary N) is 2. The second-order valence-corrected chi connectivity index (χ2v) is 17.4. The molecule has 1 unspecified atom stereocenters. The number of benzene rings is 2. The minimum Gasteiger partial charge on any atom is -0.493 e. The van der Waals surface area contributed by atoms with Crippen molar-refractivity contribution in [2.45, 2.75) is 88.8 Å². The Bertz CT molecular complexity index is 2090. The number of ether oxygens (including phenoxy) is 3. The highest BCUT2D eigenvalue weighted by atomic mass is 32.2. The Kier molecular flexibility index (Phi) is 14.1. The monoisotopic (exact) mass is 793 g/mol. The molecule has 0 saturated carbocycles. The molecule has 0 aliphatic heterocycles. The first-order valence-corrected chi connectivity index (χ1v) is 19.4. The third-order valence-corrected chi connectivity index (χ3v) is 10.5. The molecular formula is C35H47N5O12S2+2. The van der Waals surface area contributed by atoms with Crippen molar-refractivity contribution in [1.82, 2.24) is 0 Å². The fourth-order valence-electron chi connectivity index (χ4n) is 4.68. The molecule has 0 bridgehead atoms. The van der Waals surface area contributed by atoms with Gasteiger partial charge < -0.3 is 39.1 Å². The van der Waals surface area contributed by atoms with Gasteiger partial charge in [-0.05, 0) is 95.6 Å². The van der Waals surface area contributed by atoms with Crippen molar-refractivity contribution >= 4 is 38.3 Å². The van der Waals surface area contributed by atoms with Gasteiger partial charge in [-0.3, -0.25) is 0 Å². The van der Waals surface area contributed by atoms with E-state index in [1.807, 2.05) is 0 Å². The first-order chi connectivity index (χ1) is 25.0. The smallest absolute Gasteiger partial charge is 0.493 e. The van der Waals surface area contributed by atoms with Crippen LogP contribution in [0.1, 0.15) is 65.7 Å². The van der Waals surface area contributed by atoms with Gasteiger partial charge in [-0.15, -0.1) is 3.89 Å². The second kappa shape index (κ2) is 17.7. The number of furan rings is 1. The van der Waals surface area contributed by atoms with Crippen LogP contribution < -0.4 is 20.4 Å². The molecule has 2 aromatic carbocycles. The quantitative estimate of drug-likeness (QED) is 0.0475. The van der Waals surface area contributed by atoms with E-state index in [2.05, 4.69) is 16.1 Å². The summed E-state index contributed by atoms with van der Waals surface area (Å²) in [5, 5.41) is 3.42. The number of hydrogen-bond acceptors (Lipinski definition) is 13. The zero-order valence-corrected chi connectivity index (χ0v) is 32.9. The number of sulfonamides is 1. The van der Waals surface area contributed by atoms with Crippen molar-refractivity contribution in [2.24, 2.45) is 16.6 Å². The van der Waals surface area contributed by atoms with Gasteiger partial charge in [0, 0.05) is 12.5 Å². The molecule has 294 valence electrons. The van der Waals surface area contributed by atoms with Crippen molar-refractivity contribution in [3.05, 3.63) is 77.0 Å². The Morgan fingerprint density at radius 3 is 2.15 bits per heavy atom. The lowest BCUT2D eigenvalue weighted by molar-refractivity contribution is -0.748. The number of amides is 2. The highest BCUT2D eigenvalue weighted by molar-refractivity contribution is 7.90. The number of rotatable bonds is 15. The van der Waals surface area contributed by atoms with Crippen LogP contribution in [0, 0.1) is 13.0 Å². The van der Waals surface area contributed by atoms with Gasteiger partial charge in [0.1, 0.15) is 52.1 Å². The van der Waals surface area contributed by atoms with E-state index in [0.29, 0.717) is 12.0 Å². The van der Waals surface area contributed by atoms with Crippen LogP contribution in [0.3, 0.4) is 0 Å². The summed E-state index contributed by atoms with van der Waals surface area (Å²) < 4.78 is 83.9. The Labute approximate surface area is 315 Å². The average molecular weight is 794 g/mol. The van der Waals surface area contributed by atoms with Gasteiger partial charge in [0.2, 0.25) is 5.96 Å².